The summed E-state index contributed by atoms with van der Waals surface area (Å²) in [6.07, 6.45) is 0.380. The van der Waals surface area contributed by atoms with Crippen molar-refractivity contribution in [2.24, 2.45) is 5.41 Å². The third-order valence-corrected chi connectivity index (χ3v) is 7.23. The molecule has 1 aromatic carbocycles. The fourth-order valence-electron chi connectivity index (χ4n) is 3.17. The molecule has 1 aromatic rings. The van der Waals surface area contributed by atoms with Crippen molar-refractivity contribution in [2.75, 3.05) is 31.5 Å². The number of carboxylic acids is 1. The summed E-state index contributed by atoms with van der Waals surface area (Å²) in [5.74, 6) is -0.930. The molecule has 9 heteroatoms. The molecule has 150 valence electrons. The van der Waals surface area contributed by atoms with Gasteiger partial charge in [0.25, 0.3) is 0 Å². The standard InChI is InChI=1S/C18H27N3O5S/c1-5-21(6-2)27(25,26)15-11-14(8-7-13(15)3)19-17(24)20-10-9-18(4,12-20)16(22)23/h7-8,11H,5-6,9-10,12H2,1-4H3,(H,19,24)(H,22,23). The number of carboxylic acid groups (broad SMARTS) is 1. The van der Waals surface area contributed by atoms with Crippen LogP contribution in [0.4, 0.5) is 10.5 Å². The predicted octanol–water partition coefficient (Wildman–Crippen LogP) is 2.35. The zero-order chi connectivity index (χ0) is 20.4. The minimum atomic E-state index is -3.65. The summed E-state index contributed by atoms with van der Waals surface area (Å²) in [6.45, 7) is 8.04. The van der Waals surface area contributed by atoms with E-state index >= 15 is 0 Å². The van der Waals surface area contributed by atoms with E-state index < -0.39 is 27.4 Å². The Hall–Kier alpha value is -2.13. The highest BCUT2D eigenvalue weighted by Crippen LogP contribution is 2.31. The van der Waals surface area contributed by atoms with Crippen molar-refractivity contribution in [1.29, 1.82) is 0 Å². The van der Waals surface area contributed by atoms with E-state index in [1.807, 2.05) is 0 Å². The molecule has 8 nitrogen and oxygen atoms in total. The van der Waals surface area contributed by atoms with Crippen molar-refractivity contribution in [3.8, 4) is 0 Å². The zero-order valence-corrected chi connectivity index (χ0v) is 17.0. The lowest BCUT2D eigenvalue weighted by atomic mass is 9.90. The SMILES string of the molecule is CCN(CC)S(=O)(=O)c1cc(NC(=O)N2CCC(C)(C(=O)O)C2)ccc1C. The van der Waals surface area contributed by atoms with Gasteiger partial charge in [0.1, 0.15) is 0 Å². The predicted molar refractivity (Wildman–Crippen MR) is 102 cm³/mol. The van der Waals surface area contributed by atoms with Gasteiger partial charge in [0, 0.05) is 31.9 Å². The van der Waals surface area contributed by atoms with Crippen LogP contribution in [-0.4, -0.2) is 60.9 Å². The lowest BCUT2D eigenvalue weighted by Gasteiger charge is -2.22. The van der Waals surface area contributed by atoms with Crippen molar-refractivity contribution in [2.45, 2.75) is 39.0 Å². The van der Waals surface area contributed by atoms with Crippen LogP contribution in [0, 0.1) is 12.3 Å². The molecule has 1 unspecified atom stereocenters. The number of nitrogens with one attached hydrogen (secondary N) is 1. The average molecular weight is 397 g/mol. The second kappa shape index (κ2) is 7.85. The van der Waals surface area contributed by atoms with Crippen LogP contribution >= 0.6 is 0 Å². The molecule has 0 radical (unpaired) electrons. The van der Waals surface area contributed by atoms with Gasteiger partial charge in [-0.05, 0) is 38.0 Å². The average Bonchev–Trinajstić information content (AvgIpc) is 3.01. The van der Waals surface area contributed by atoms with Crippen molar-refractivity contribution in [3.05, 3.63) is 23.8 Å². The summed E-state index contributed by atoms with van der Waals surface area (Å²) in [6, 6.07) is 4.31. The Morgan fingerprint density at radius 3 is 2.44 bits per heavy atom. The number of nitrogens with zero attached hydrogens (tertiary/aromatic N) is 2. The molecule has 1 atom stereocenters. The molecule has 0 aromatic heterocycles. The van der Waals surface area contributed by atoms with Crippen LogP contribution < -0.4 is 5.32 Å². The molecule has 2 rings (SSSR count). The monoisotopic (exact) mass is 397 g/mol. The summed E-state index contributed by atoms with van der Waals surface area (Å²) in [5.41, 5.74) is 0.00165. The molecule has 27 heavy (non-hydrogen) atoms. The topological polar surface area (TPSA) is 107 Å². The lowest BCUT2D eigenvalue weighted by molar-refractivity contribution is -0.146. The van der Waals surface area contributed by atoms with Gasteiger partial charge in [-0.2, -0.15) is 4.31 Å². The first-order valence-electron chi connectivity index (χ1n) is 8.95. The molecule has 0 saturated carbocycles. The third kappa shape index (κ3) is 4.24. The minimum absolute atomic E-state index is 0.116. The smallest absolute Gasteiger partial charge is 0.321 e. The molecular formula is C18H27N3O5S. The fourth-order valence-corrected chi connectivity index (χ4v) is 4.88. The molecule has 0 spiro atoms. The number of benzene rings is 1. The Morgan fingerprint density at radius 2 is 1.93 bits per heavy atom. The van der Waals surface area contributed by atoms with E-state index in [0.717, 1.165) is 0 Å². The molecular weight excluding hydrogens is 370 g/mol. The first-order valence-corrected chi connectivity index (χ1v) is 10.4. The van der Waals surface area contributed by atoms with Gasteiger partial charge in [0.2, 0.25) is 10.0 Å². The number of carbonyl (C=O) groups is 2. The largest absolute Gasteiger partial charge is 0.481 e. The van der Waals surface area contributed by atoms with Gasteiger partial charge >= 0.3 is 12.0 Å². The summed E-state index contributed by atoms with van der Waals surface area (Å²) in [5, 5.41) is 12.0. The van der Waals surface area contributed by atoms with E-state index in [9.17, 15) is 23.1 Å². The quantitative estimate of drug-likeness (QED) is 0.766. The maximum absolute atomic E-state index is 12.8. The first-order chi connectivity index (χ1) is 12.5. The molecule has 1 fully saturated rings. The summed E-state index contributed by atoms with van der Waals surface area (Å²) < 4.78 is 27.0. The highest BCUT2D eigenvalue weighted by Gasteiger charge is 2.42. The van der Waals surface area contributed by atoms with Crippen LogP contribution in [0.15, 0.2) is 23.1 Å². The molecule has 1 aliphatic heterocycles. The van der Waals surface area contributed by atoms with Crippen LogP contribution in [0.2, 0.25) is 0 Å². The summed E-state index contributed by atoms with van der Waals surface area (Å²) in [7, 11) is -3.65. The number of hydrogen-bond acceptors (Lipinski definition) is 4. The number of hydrogen-bond donors (Lipinski definition) is 2. The fraction of sp³-hybridized carbons (Fsp3) is 0.556. The number of likely N-dealkylation sites (tertiary alicyclic amines) is 1. The summed E-state index contributed by atoms with van der Waals surface area (Å²) >= 11 is 0. The van der Waals surface area contributed by atoms with Crippen LogP contribution in [0.5, 0.6) is 0 Å². The Kier molecular flexibility index (Phi) is 6.16. The number of aliphatic carboxylic acids is 1. The van der Waals surface area contributed by atoms with E-state index in [2.05, 4.69) is 5.32 Å². The van der Waals surface area contributed by atoms with E-state index in [0.29, 0.717) is 37.3 Å². The Bertz CT molecular complexity index is 835. The van der Waals surface area contributed by atoms with E-state index in [1.54, 1.807) is 39.8 Å². The number of carbonyl (C=O) groups excluding carboxylic acids is 1. The van der Waals surface area contributed by atoms with Crippen molar-refractivity contribution in [1.82, 2.24) is 9.21 Å². The number of amides is 2. The second-order valence-electron chi connectivity index (χ2n) is 7.04. The lowest BCUT2D eigenvalue weighted by Crippen LogP contribution is -2.37. The van der Waals surface area contributed by atoms with Crippen LogP contribution in [0.3, 0.4) is 0 Å². The third-order valence-electron chi connectivity index (χ3n) is 5.04. The van der Waals surface area contributed by atoms with Gasteiger partial charge in [0.05, 0.1) is 10.3 Å². The van der Waals surface area contributed by atoms with Crippen LogP contribution in [0.1, 0.15) is 32.8 Å². The molecule has 1 saturated heterocycles. The Morgan fingerprint density at radius 1 is 1.30 bits per heavy atom. The van der Waals surface area contributed by atoms with E-state index in [-0.39, 0.29) is 11.4 Å². The number of urea groups is 1. The zero-order valence-electron chi connectivity index (χ0n) is 16.2. The molecule has 2 amide bonds. The van der Waals surface area contributed by atoms with Crippen molar-refractivity contribution < 1.29 is 23.1 Å². The molecule has 1 heterocycles. The normalized spacial score (nSPS) is 20.1. The van der Waals surface area contributed by atoms with Crippen LogP contribution in [0.25, 0.3) is 0 Å². The van der Waals surface area contributed by atoms with Gasteiger partial charge < -0.3 is 15.3 Å². The van der Waals surface area contributed by atoms with E-state index in [1.165, 1.54) is 15.3 Å². The Balaban J connectivity index is 2.22. The van der Waals surface area contributed by atoms with E-state index in [4.69, 9.17) is 0 Å². The summed E-state index contributed by atoms with van der Waals surface area (Å²) in [4.78, 5) is 25.4. The molecule has 0 aliphatic carbocycles. The van der Waals surface area contributed by atoms with Gasteiger partial charge in [-0.25, -0.2) is 13.2 Å². The van der Waals surface area contributed by atoms with Gasteiger partial charge in [-0.15, -0.1) is 0 Å². The van der Waals surface area contributed by atoms with Crippen molar-refractivity contribution in [3.63, 3.8) is 0 Å². The van der Waals surface area contributed by atoms with Gasteiger partial charge in [-0.1, -0.05) is 19.9 Å². The number of aryl methyl sites for hydroxylation is 1. The molecule has 1 aliphatic rings. The molecule has 0 bridgehead atoms. The second-order valence-corrected chi connectivity index (χ2v) is 8.94. The van der Waals surface area contributed by atoms with Gasteiger partial charge in [0.15, 0.2) is 0 Å². The highest BCUT2D eigenvalue weighted by atomic mass is 32.2. The maximum Gasteiger partial charge on any atom is 0.321 e. The van der Waals surface area contributed by atoms with Crippen molar-refractivity contribution >= 4 is 27.7 Å². The minimum Gasteiger partial charge on any atom is -0.481 e. The first kappa shape index (κ1) is 21.2. The Labute approximate surface area is 160 Å². The maximum atomic E-state index is 12.8. The molecule has 2 N–H and O–H groups in total. The van der Waals surface area contributed by atoms with Crippen LogP contribution in [-0.2, 0) is 14.8 Å². The number of anilines is 1. The highest BCUT2D eigenvalue weighted by molar-refractivity contribution is 7.89. The van der Waals surface area contributed by atoms with Gasteiger partial charge in [-0.3, -0.25) is 4.79 Å². The number of rotatable bonds is 6. The number of sulfonamides is 1.